The van der Waals surface area contributed by atoms with E-state index in [0.717, 1.165) is 6.42 Å². The molecular formula is C9H21NOS. The third kappa shape index (κ3) is 5.01. The number of thioether (sulfide) groups is 1. The molecule has 0 bridgehead atoms. The first kappa shape index (κ1) is 12.3. The van der Waals surface area contributed by atoms with Gasteiger partial charge in [0, 0.05) is 5.54 Å². The number of rotatable bonds is 5. The molecule has 0 spiro atoms. The zero-order valence-corrected chi connectivity index (χ0v) is 9.62. The minimum atomic E-state index is -0.230. The lowest BCUT2D eigenvalue weighted by molar-refractivity contribution is 0.0128. The first-order valence-corrected chi connectivity index (χ1v) is 5.53. The molecule has 0 rings (SSSR count). The molecule has 0 aromatic rings. The summed E-state index contributed by atoms with van der Waals surface area (Å²) in [6.45, 7) is 8.79. The third-order valence-electron chi connectivity index (χ3n) is 1.82. The van der Waals surface area contributed by atoms with Crippen molar-refractivity contribution >= 4 is 11.8 Å². The molecule has 0 aromatic heterocycles. The van der Waals surface area contributed by atoms with Crippen LogP contribution in [-0.4, -0.2) is 23.3 Å². The molecule has 1 unspecified atom stereocenters. The van der Waals surface area contributed by atoms with Gasteiger partial charge in [-0.15, -0.1) is 11.8 Å². The monoisotopic (exact) mass is 191 g/mol. The van der Waals surface area contributed by atoms with Gasteiger partial charge in [0.15, 0.2) is 0 Å². The first-order valence-electron chi connectivity index (χ1n) is 4.31. The zero-order valence-electron chi connectivity index (χ0n) is 8.81. The van der Waals surface area contributed by atoms with E-state index in [1.807, 2.05) is 13.8 Å². The summed E-state index contributed by atoms with van der Waals surface area (Å²) in [6, 6.07) is 0. The van der Waals surface area contributed by atoms with Crippen LogP contribution in [0.2, 0.25) is 0 Å². The normalized spacial score (nSPS) is 17.5. The molecular weight excluding hydrogens is 170 g/mol. The number of nitrogens with two attached hydrogens (primary N) is 1. The number of ether oxygens (including phenoxy) is 1. The van der Waals surface area contributed by atoms with Crippen molar-refractivity contribution in [3.63, 3.8) is 0 Å². The van der Waals surface area contributed by atoms with Gasteiger partial charge in [-0.3, -0.25) is 0 Å². The minimum absolute atomic E-state index is 0.0728. The van der Waals surface area contributed by atoms with E-state index in [0.29, 0.717) is 6.61 Å². The summed E-state index contributed by atoms with van der Waals surface area (Å²) in [7, 11) is 0. The van der Waals surface area contributed by atoms with Crippen LogP contribution < -0.4 is 5.73 Å². The molecule has 0 heterocycles. The van der Waals surface area contributed by atoms with Gasteiger partial charge in [-0.1, -0.05) is 6.92 Å². The summed E-state index contributed by atoms with van der Waals surface area (Å²) < 4.78 is 5.73. The average Bonchev–Trinajstić information content (AvgIpc) is 1.99. The molecule has 0 amide bonds. The van der Waals surface area contributed by atoms with Crippen molar-refractivity contribution in [3.8, 4) is 0 Å². The fourth-order valence-electron chi connectivity index (χ4n) is 0.644. The van der Waals surface area contributed by atoms with Crippen molar-refractivity contribution in [3.05, 3.63) is 0 Å². The van der Waals surface area contributed by atoms with E-state index in [1.165, 1.54) is 0 Å². The van der Waals surface area contributed by atoms with Crippen LogP contribution in [0.1, 0.15) is 34.1 Å². The van der Waals surface area contributed by atoms with E-state index >= 15 is 0 Å². The molecule has 0 saturated heterocycles. The van der Waals surface area contributed by atoms with Crippen molar-refractivity contribution in [1.82, 2.24) is 0 Å². The second-order valence-electron chi connectivity index (χ2n) is 3.97. The van der Waals surface area contributed by atoms with E-state index in [-0.39, 0.29) is 10.5 Å². The Morgan fingerprint density at radius 1 is 1.33 bits per heavy atom. The second-order valence-corrected chi connectivity index (χ2v) is 5.24. The molecule has 0 aliphatic heterocycles. The molecule has 2 N–H and O–H groups in total. The largest absolute Gasteiger partial charge is 0.363 e. The van der Waals surface area contributed by atoms with Crippen LogP contribution in [0.15, 0.2) is 0 Å². The van der Waals surface area contributed by atoms with Crippen LogP contribution in [0.25, 0.3) is 0 Å². The van der Waals surface area contributed by atoms with Crippen LogP contribution in [-0.2, 0) is 4.74 Å². The lowest BCUT2D eigenvalue weighted by atomic mass is 10.1. The van der Waals surface area contributed by atoms with Crippen molar-refractivity contribution in [2.45, 2.75) is 44.6 Å². The maximum Gasteiger partial charge on any atom is 0.110 e. The lowest BCUT2D eigenvalue weighted by Gasteiger charge is -2.30. The molecule has 0 aliphatic carbocycles. The molecule has 0 fully saturated rings. The highest BCUT2D eigenvalue weighted by atomic mass is 32.2. The molecule has 0 aliphatic rings. The zero-order chi connectivity index (χ0) is 9.83. The Morgan fingerprint density at radius 3 is 2.08 bits per heavy atom. The van der Waals surface area contributed by atoms with Gasteiger partial charge in [0.05, 0.1) is 6.61 Å². The minimum Gasteiger partial charge on any atom is -0.363 e. The van der Waals surface area contributed by atoms with Crippen molar-refractivity contribution in [1.29, 1.82) is 0 Å². The highest BCUT2D eigenvalue weighted by molar-refractivity contribution is 7.99. The molecule has 12 heavy (non-hydrogen) atoms. The average molecular weight is 191 g/mol. The summed E-state index contributed by atoms with van der Waals surface area (Å²) >= 11 is 1.74. The highest BCUT2D eigenvalue weighted by Gasteiger charge is 2.24. The Kier molecular flexibility index (Phi) is 4.59. The van der Waals surface area contributed by atoms with Gasteiger partial charge in [-0.25, -0.2) is 0 Å². The Morgan fingerprint density at radius 2 is 1.83 bits per heavy atom. The standard InChI is InChI=1S/C9H21NOS/c1-6-9(4,12-5)11-7-8(2,3)10/h6-7,10H2,1-5H3. The number of hydrogen-bond donors (Lipinski definition) is 1. The Hall–Kier alpha value is 0.270. The van der Waals surface area contributed by atoms with Crippen LogP contribution >= 0.6 is 11.8 Å². The van der Waals surface area contributed by atoms with E-state index in [9.17, 15) is 0 Å². The first-order chi connectivity index (χ1) is 5.33. The van der Waals surface area contributed by atoms with Gasteiger partial charge in [-0.05, 0) is 33.4 Å². The predicted molar refractivity (Wildman–Crippen MR) is 56.4 cm³/mol. The van der Waals surface area contributed by atoms with Gasteiger partial charge >= 0.3 is 0 Å². The van der Waals surface area contributed by atoms with E-state index in [4.69, 9.17) is 10.5 Å². The van der Waals surface area contributed by atoms with Gasteiger partial charge in [0.2, 0.25) is 0 Å². The number of hydrogen-bond acceptors (Lipinski definition) is 3. The quantitative estimate of drug-likeness (QED) is 0.677. The molecule has 0 aromatic carbocycles. The second kappa shape index (κ2) is 4.49. The van der Waals surface area contributed by atoms with Crippen LogP contribution in [0.3, 0.4) is 0 Å². The lowest BCUT2D eigenvalue weighted by Crippen LogP contribution is -2.41. The van der Waals surface area contributed by atoms with E-state index < -0.39 is 0 Å². The van der Waals surface area contributed by atoms with Crippen molar-refractivity contribution in [2.75, 3.05) is 12.9 Å². The van der Waals surface area contributed by atoms with Crippen LogP contribution in [0.4, 0.5) is 0 Å². The fourth-order valence-corrected chi connectivity index (χ4v) is 1.11. The van der Waals surface area contributed by atoms with Gasteiger partial charge < -0.3 is 10.5 Å². The SMILES string of the molecule is CCC(C)(OCC(C)(C)N)SC. The summed E-state index contributed by atoms with van der Waals surface area (Å²) in [5.41, 5.74) is 5.59. The highest BCUT2D eigenvalue weighted by Crippen LogP contribution is 2.27. The summed E-state index contributed by atoms with van der Waals surface area (Å²) in [6.07, 6.45) is 3.07. The molecule has 1 atom stereocenters. The van der Waals surface area contributed by atoms with Crippen LogP contribution in [0.5, 0.6) is 0 Å². The Balaban J connectivity index is 3.89. The van der Waals surface area contributed by atoms with Gasteiger partial charge in [0.25, 0.3) is 0 Å². The summed E-state index contributed by atoms with van der Waals surface area (Å²) in [5.74, 6) is 0. The Labute approximate surface area is 80.2 Å². The molecule has 0 saturated carbocycles. The van der Waals surface area contributed by atoms with E-state index in [2.05, 4.69) is 20.1 Å². The molecule has 3 heteroatoms. The van der Waals surface area contributed by atoms with Gasteiger partial charge in [-0.2, -0.15) is 0 Å². The maximum atomic E-state index is 5.82. The summed E-state index contributed by atoms with van der Waals surface area (Å²) in [5, 5.41) is 0. The molecule has 2 nitrogen and oxygen atoms in total. The third-order valence-corrected chi connectivity index (χ3v) is 3.09. The Bertz CT molecular complexity index is 127. The van der Waals surface area contributed by atoms with Crippen LogP contribution in [0, 0.1) is 0 Å². The smallest absolute Gasteiger partial charge is 0.110 e. The predicted octanol–water partition coefficient (Wildman–Crippen LogP) is 2.23. The van der Waals surface area contributed by atoms with Gasteiger partial charge in [0.1, 0.15) is 4.93 Å². The topological polar surface area (TPSA) is 35.2 Å². The molecule has 74 valence electrons. The van der Waals surface area contributed by atoms with Crippen molar-refractivity contribution in [2.24, 2.45) is 5.73 Å². The molecule has 0 radical (unpaired) electrons. The van der Waals surface area contributed by atoms with Crippen molar-refractivity contribution < 1.29 is 4.74 Å². The maximum absolute atomic E-state index is 5.82. The summed E-state index contributed by atoms with van der Waals surface area (Å²) in [4.78, 5) is -0.0728. The fraction of sp³-hybridized carbons (Fsp3) is 1.00. The van der Waals surface area contributed by atoms with E-state index in [1.54, 1.807) is 11.8 Å².